The van der Waals surface area contributed by atoms with E-state index in [4.69, 9.17) is 0 Å². The quantitative estimate of drug-likeness (QED) is 0.420. The topological polar surface area (TPSA) is 77.7 Å². The largest absolute Gasteiger partial charge is 0.354 e. The van der Waals surface area contributed by atoms with Gasteiger partial charge in [-0.15, -0.1) is 0 Å². The summed E-state index contributed by atoms with van der Waals surface area (Å²) in [6, 6.07) is 24.4. The molecule has 0 amide bonds. The Morgan fingerprint density at radius 2 is 1.66 bits per heavy atom. The van der Waals surface area contributed by atoms with Crippen LogP contribution in [0.1, 0.15) is 11.1 Å². The molecule has 0 unspecified atom stereocenters. The first-order chi connectivity index (χ1) is 15.7. The van der Waals surface area contributed by atoms with Crippen molar-refractivity contribution in [1.82, 2.24) is 25.1 Å². The Hall–Kier alpha value is -4.03. The van der Waals surface area contributed by atoms with Crippen molar-refractivity contribution >= 4 is 10.9 Å². The lowest BCUT2D eigenvalue weighted by atomic mass is 10.1. The van der Waals surface area contributed by atoms with E-state index in [0.29, 0.717) is 11.3 Å². The number of aromatic amines is 2. The Bertz CT molecular complexity index is 1410. The lowest BCUT2D eigenvalue weighted by molar-refractivity contribution is 0.319. The van der Waals surface area contributed by atoms with Crippen molar-refractivity contribution < 1.29 is 0 Å². The van der Waals surface area contributed by atoms with Gasteiger partial charge in [-0.2, -0.15) is 5.10 Å². The van der Waals surface area contributed by atoms with Crippen LogP contribution in [-0.4, -0.2) is 32.1 Å². The molecule has 0 saturated heterocycles. The maximum Gasteiger partial charge on any atom is 0.273 e. The van der Waals surface area contributed by atoms with Crippen LogP contribution in [0.2, 0.25) is 0 Å². The van der Waals surface area contributed by atoms with Crippen LogP contribution < -0.4 is 5.56 Å². The molecule has 5 rings (SSSR count). The molecule has 3 heterocycles. The molecule has 6 heteroatoms. The normalized spacial score (nSPS) is 11.3. The Morgan fingerprint density at radius 1 is 0.875 bits per heavy atom. The van der Waals surface area contributed by atoms with Gasteiger partial charge in [0, 0.05) is 41.9 Å². The lowest BCUT2D eigenvalue weighted by Crippen LogP contribution is -2.17. The Kier molecular flexibility index (Phi) is 5.35. The second kappa shape index (κ2) is 8.61. The average molecular weight is 422 g/mol. The summed E-state index contributed by atoms with van der Waals surface area (Å²) in [5, 5.41) is 7.87. The number of benzene rings is 2. The molecule has 0 bridgehead atoms. The summed E-state index contributed by atoms with van der Waals surface area (Å²) in [7, 11) is 2.12. The third kappa shape index (κ3) is 4.22. The van der Waals surface area contributed by atoms with E-state index in [2.05, 4.69) is 74.6 Å². The molecule has 0 aliphatic rings. The minimum atomic E-state index is -0.225. The fraction of sp³-hybridized carbons (Fsp3) is 0.115. The van der Waals surface area contributed by atoms with Crippen molar-refractivity contribution in [3.05, 3.63) is 107 Å². The molecule has 0 aliphatic heterocycles. The number of nitrogens with zero attached hydrogens (tertiary/aromatic N) is 3. The van der Waals surface area contributed by atoms with Gasteiger partial charge in [0.15, 0.2) is 0 Å². The summed E-state index contributed by atoms with van der Waals surface area (Å²) in [6.45, 7) is 1.72. The highest BCUT2D eigenvalue weighted by molar-refractivity contribution is 5.86. The first kappa shape index (κ1) is 19.9. The molecule has 0 saturated carbocycles. The summed E-state index contributed by atoms with van der Waals surface area (Å²) in [6.07, 6.45) is 3.42. The standard InChI is InChI=1S/C26H23N5O/c1-31(16-18-5-3-2-4-6-18)17-19-7-8-21-14-25(28-23(21)13-19)22-15-24(29-30-26(22)32)20-9-11-27-12-10-20/h2-15,28H,16-17H2,1H3,(H,30,32). The lowest BCUT2D eigenvalue weighted by Gasteiger charge is -2.16. The van der Waals surface area contributed by atoms with Gasteiger partial charge in [-0.3, -0.25) is 14.7 Å². The first-order valence-electron chi connectivity index (χ1n) is 10.5. The van der Waals surface area contributed by atoms with Gasteiger partial charge in [-0.25, -0.2) is 5.10 Å². The van der Waals surface area contributed by atoms with Crippen LogP contribution in [0.15, 0.2) is 90.0 Å². The molecule has 0 atom stereocenters. The number of hydrogen-bond acceptors (Lipinski definition) is 4. The van der Waals surface area contributed by atoms with Gasteiger partial charge in [-0.05, 0) is 48.5 Å². The number of rotatable bonds is 6. The number of hydrogen-bond donors (Lipinski definition) is 2. The predicted octanol–water partition coefficient (Wildman–Crippen LogP) is 4.61. The van der Waals surface area contributed by atoms with E-state index in [9.17, 15) is 4.79 Å². The average Bonchev–Trinajstić information content (AvgIpc) is 3.24. The van der Waals surface area contributed by atoms with Crippen molar-refractivity contribution in [2.75, 3.05) is 7.05 Å². The zero-order valence-electron chi connectivity index (χ0n) is 17.7. The van der Waals surface area contributed by atoms with Gasteiger partial charge >= 0.3 is 0 Å². The van der Waals surface area contributed by atoms with E-state index >= 15 is 0 Å². The summed E-state index contributed by atoms with van der Waals surface area (Å²) < 4.78 is 0. The highest BCUT2D eigenvalue weighted by Crippen LogP contribution is 2.25. The van der Waals surface area contributed by atoms with Crippen molar-refractivity contribution in [3.63, 3.8) is 0 Å². The molecule has 32 heavy (non-hydrogen) atoms. The van der Waals surface area contributed by atoms with Gasteiger partial charge in [0.05, 0.1) is 17.0 Å². The number of nitrogens with one attached hydrogen (secondary N) is 2. The number of H-pyrrole nitrogens is 2. The fourth-order valence-corrected chi connectivity index (χ4v) is 3.96. The Balaban J connectivity index is 1.41. The summed E-state index contributed by atoms with van der Waals surface area (Å²) in [5.74, 6) is 0. The molecule has 5 aromatic rings. The molecule has 3 aromatic heterocycles. The van der Waals surface area contributed by atoms with Crippen LogP contribution in [0, 0.1) is 0 Å². The van der Waals surface area contributed by atoms with Crippen LogP contribution >= 0.6 is 0 Å². The predicted molar refractivity (Wildman–Crippen MR) is 127 cm³/mol. The Labute approximate surface area is 185 Å². The molecular weight excluding hydrogens is 398 g/mol. The number of pyridine rings is 1. The third-order valence-electron chi connectivity index (χ3n) is 5.50. The third-order valence-corrected chi connectivity index (χ3v) is 5.50. The van der Waals surface area contributed by atoms with Gasteiger partial charge in [-0.1, -0.05) is 42.5 Å². The molecule has 158 valence electrons. The molecule has 6 nitrogen and oxygen atoms in total. The van der Waals surface area contributed by atoms with Crippen LogP contribution in [0.4, 0.5) is 0 Å². The highest BCUT2D eigenvalue weighted by Gasteiger charge is 2.11. The van der Waals surface area contributed by atoms with E-state index in [1.807, 2.05) is 30.3 Å². The zero-order chi connectivity index (χ0) is 21.9. The van der Waals surface area contributed by atoms with Crippen molar-refractivity contribution in [2.24, 2.45) is 0 Å². The molecule has 2 aromatic carbocycles. The van der Waals surface area contributed by atoms with Crippen molar-refractivity contribution in [2.45, 2.75) is 13.1 Å². The molecule has 0 radical (unpaired) electrons. The molecule has 2 N–H and O–H groups in total. The number of aromatic nitrogens is 4. The monoisotopic (exact) mass is 421 g/mol. The van der Waals surface area contributed by atoms with E-state index in [1.165, 1.54) is 11.1 Å². The molecule has 0 fully saturated rings. The minimum absolute atomic E-state index is 0.225. The second-order valence-electron chi connectivity index (χ2n) is 7.99. The van der Waals surface area contributed by atoms with Gasteiger partial charge < -0.3 is 4.98 Å². The summed E-state index contributed by atoms with van der Waals surface area (Å²) in [4.78, 5) is 22.3. The van der Waals surface area contributed by atoms with E-state index < -0.39 is 0 Å². The SMILES string of the molecule is CN(Cc1ccccc1)Cc1ccc2cc(-c3cc(-c4ccncc4)n[nH]c3=O)[nH]c2c1. The van der Waals surface area contributed by atoms with Gasteiger partial charge in [0.1, 0.15) is 0 Å². The molecular formula is C26H23N5O. The Morgan fingerprint density at radius 3 is 2.47 bits per heavy atom. The maximum absolute atomic E-state index is 12.5. The van der Waals surface area contributed by atoms with Gasteiger partial charge in [0.25, 0.3) is 5.56 Å². The summed E-state index contributed by atoms with van der Waals surface area (Å²) >= 11 is 0. The van der Waals surface area contributed by atoms with Crippen LogP contribution in [0.3, 0.4) is 0 Å². The van der Waals surface area contributed by atoms with Gasteiger partial charge in [0.2, 0.25) is 0 Å². The van der Waals surface area contributed by atoms with Crippen molar-refractivity contribution in [1.29, 1.82) is 0 Å². The zero-order valence-corrected chi connectivity index (χ0v) is 17.7. The first-order valence-corrected chi connectivity index (χ1v) is 10.5. The van der Waals surface area contributed by atoms with Crippen LogP contribution in [-0.2, 0) is 13.1 Å². The van der Waals surface area contributed by atoms with E-state index in [-0.39, 0.29) is 5.56 Å². The molecule has 0 spiro atoms. The van der Waals surface area contributed by atoms with Crippen molar-refractivity contribution in [3.8, 4) is 22.5 Å². The van der Waals surface area contributed by atoms with E-state index in [0.717, 1.165) is 35.2 Å². The van der Waals surface area contributed by atoms with Crippen LogP contribution in [0.5, 0.6) is 0 Å². The fourth-order valence-electron chi connectivity index (χ4n) is 3.96. The highest BCUT2D eigenvalue weighted by atomic mass is 16.1. The molecule has 0 aliphatic carbocycles. The minimum Gasteiger partial charge on any atom is -0.354 e. The number of fused-ring (bicyclic) bond motifs is 1. The maximum atomic E-state index is 12.5. The van der Waals surface area contributed by atoms with Crippen LogP contribution in [0.25, 0.3) is 33.4 Å². The second-order valence-corrected chi connectivity index (χ2v) is 7.99. The van der Waals surface area contributed by atoms with E-state index in [1.54, 1.807) is 12.4 Å². The smallest absolute Gasteiger partial charge is 0.273 e. The summed E-state index contributed by atoms with van der Waals surface area (Å²) in [5.41, 5.74) is 6.22.